The lowest BCUT2D eigenvalue weighted by Gasteiger charge is -2.18. The highest BCUT2D eigenvalue weighted by atomic mass is 35.5. The second kappa shape index (κ2) is 6.12. The van der Waals surface area contributed by atoms with Gasteiger partial charge >= 0.3 is 0 Å². The zero-order valence-corrected chi connectivity index (χ0v) is 11.1. The predicted molar refractivity (Wildman–Crippen MR) is 71.8 cm³/mol. The van der Waals surface area contributed by atoms with Crippen LogP contribution in [0, 0.1) is 5.82 Å². The van der Waals surface area contributed by atoms with Gasteiger partial charge in [-0.2, -0.15) is 0 Å². The molecule has 0 amide bonds. The van der Waals surface area contributed by atoms with Gasteiger partial charge in [-0.05, 0) is 50.2 Å². The van der Waals surface area contributed by atoms with Crippen molar-refractivity contribution in [2.24, 2.45) is 0 Å². The molecule has 19 heavy (non-hydrogen) atoms. The van der Waals surface area contributed by atoms with Crippen LogP contribution in [0.1, 0.15) is 24.7 Å². The van der Waals surface area contributed by atoms with E-state index in [4.69, 9.17) is 4.42 Å². The van der Waals surface area contributed by atoms with E-state index in [-0.39, 0.29) is 18.2 Å². The number of piperidine rings is 1. The quantitative estimate of drug-likeness (QED) is 0.921. The van der Waals surface area contributed by atoms with Crippen LogP contribution in [0.2, 0.25) is 0 Å². The molecule has 1 fully saturated rings. The van der Waals surface area contributed by atoms with Gasteiger partial charge < -0.3 is 9.73 Å². The van der Waals surface area contributed by atoms with Crippen molar-refractivity contribution in [3.05, 3.63) is 36.0 Å². The van der Waals surface area contributed by atoms with Crippen LogP contribution in [0.5, 0.6) is 0 Å². The number of nitrogens with one attached hydrogen (secondary N) is 1. The minimum atomic E-state index is -0.267. The van der Waals surface area contributed by atoms with E-state index in [0.29, 0.717) is 17.7 Å². The normalized spacial score (nSPS) is 16.1. The molecular weight excluding hydrogens is 269 g/mol. The standard InChI is InChI=1S/C13H14FN3O.ClH/c14-11-3-1-9(2-4-11)12-16-17-13(18-12)10-5-7-15-8-6-10;/h1-4,10,15H,5-8H2;1H. The van der Waals surface area contributed by atoms with E-state index in [2.05, 4.69) is 15.5 Å². The van der Waals surface area contributed by atoms with E-state index < -0.39 is 0 Å². The second-order valence-electron chi connectivity index (χ2n) is 4.48. The fraction of sp³-hybridized carbons (Fsp3) is 0.385. The first-order chi connectivity index (χ1) is 8.83. The van der Waals surface area contributed by atoms with Crippen molar-refractivity contribution in [2.75, 3.05) is 13.1 Å². The molecule has 1 aliphatic heterocycles. The fourth-order valence-electron chi connectivity index (χ4n) is 2.18. The van der Waals surface area contributed by atoms with Gasteiger partial charge in [-0.1, -0.05) is 0 Å². The summed E-state index contributed by atoms with van der Waals surface area (Å²) in [5, 5.41) is 11.4. The SMILES string of the molecule is Cl.Fc1ccc(-c2nnc(C3CCNCC3)o2)cc1. The van der Waals surface area contributed by atoms with E-state index in [9.17, 15) is 4.39 Å². The summed E-state index contributed by atoms with van der Waals surface area (Å²) in [5.41, 5.74) is 0.754. The highest BCUT2D eigenvalue weighted by Crippen LogP contribution is 2.27. The summed E-state index contributed by atoms with van der Waals surface area (Å²) >= 11 is 0. The Labute approximate surface area is 116 Å². The van der Waals surface area contributed by atoms with E-state index >= 15 is 0 Å². The van der Waals surface area contributed by atoms with Gasteiger partial charge in [0.25, 0.3) is 0 Å². The molecule has 0 atom stereocenters. The molecule has 0 spiro atoms. The average Bonchev–Trinajstić information content (AvgIpc) is 2.90. The van der Waals surface area contributed by atoms with Gasteiger partial charge in [0, 0.05) is 11.5 Å². The molecule has 1 aliphatic rings. The summed E-state index contributed by atoms with van der Waals surface area (Å²) in [4.78, 5) is 0. The number of rotatable bonds is 2. The highest BCUT2D eigenvalue weighted by molar-refractivity contribution is 5.85. The average molecular weight is 284 g/mol. The zero-order valence-electron chi connectivity index (χ0n) is 10.3. The second-order valence-corrected chi connectivity index (χ2v) is 4.48. The molecule has 1 N–H and O–H groups in total. The van der Waals surface area contributed by atoms with Gasteiger partial charge in [-0.25, -0.2) is 4.39 Å². The first kappa shape index (κ1) is 14.0. The number of halogens is 2. The molecule has 3 rings (SSSR count). The Bertz CT molecular complexity index is 523. The Kier molecular flexibility index (Phi) is 4.50. The van der Waals surface area contributed by atoms with Gasteiger partial charge in [-0.3, -0.25) is 0 Å². The molecule has 1 aromatic heterocycles. The number of hydrogen-bond donors (Lipinski definition) is 1. The van der Waals surface area contributed by atoms with Gasteiger partial charge in [0.1, 0.15) is 5.82 Å². The van der Waals surface area contributed by atoms with Crippen LogP contribution in [0.3, 0.4) is 0 Å². The first-order valence-electron chi connectivity index (χ1n) is 6.13. The smallest absolute Gasteiger partial charge is 0.247 e. The largest absolute Gasteiger partial charge is 0.420 e. The third-order valence-electron chi connectivity index (χ3n) is 3.22. The first-order valence-corrected chi connectivity index (χ1v) is 6.13. The Hall–Kier alpha value is -1.46. The molecule has 0 bridgehead atoms. The molecule has 102 valence electrons. The lowest BCUT2D eigenvalue weighted by atomic mass is 9.98. The minimum Gasteiger partial charge on any atom is -0.420 e. The maximum Gasteiger partial charge on any atom is 0.247 e. The van der Waals surface area contributed by atoms with Gasteiger partial charge in [0.2, 0.25) is 11.8 Å². The Balaban J connectivity index is 0.00000133. The monoisotopic (exact) mass is 283 g/mol. The van der Waals surface area contributed by atoms with Crippen molar-refractivity contribution in [1.82, 2.24) is 15.5 Å². The number of aromatic nitrogens is 2. The van der Waals surface area contributed by atoms with Crippen molar-refractivity contribution in [3.63, 3.8) is 0 Å². The van der Waals surface area contributed by atoms with E-state index in [0.717, 1.165) is 31.5 Å². The minimum absolute atomic E-state index is 0. The van der Waals surface area contributed by atoms with Crippen molar-refractivity contribution >= 4 is 12.4 Å². The summed E-state index contributed by atoms with van der Waals surface area (Å²) in [5.74, 6) is 1.23. The van der Waals surface area contributed by atoms with Crippen LogP contribution >= 0.6 is 12.4 Å². The zero-order chi connectivity index (χ0) is 12.4. The molecule has 2 heterocycles. The maximum atomic E-state index is 12.8. The van der Waals surface area contributed by atoms with Crippen LogP contribution in [-0.2, 0) is 0 Å². The topological polar surface area (TPSA) is 51.0 Å². The molecule has 1 aromatic carbocycles. The predicted octanol–water partition coefficient (Wildman–Crippen LogP) is 2.76. The summed E-state index contributed by atoms with van der Waals surface area (Å²) in [6.07, 6.45) is 2.04. The summed E-state index contributed by atoms with van der Waals surface area (Å²) in [7, 11) is 0. The molecule has 6 heteroatoms. The molecule has 0 aliphatic carbocycles. The highest BCUT2D eigenvalue weighted by Gasteiger charge is 2.21. The molecular formula is C13H15ClFN3O. The van der Waals surface area contributed by atoms with Crippen LogP contribution in [0.15, 0.2) is 28.7 Å². The van der Waals surface area contributed by atoms with Crippen molar-refractivity contribution in [1.29, 1.82) is 0 Å². The Morgan fingerprint density at radius 2 is 1.79 bits per heavy atom. The molecule has 0 saturated carbocycles. The van der Waals surface area contributed by atoms with E-state index in [1.807, 2.05) is 0 Å². The van der Waals surface area contributed by atoms with E-state index in [1.54, 1.807) is 12.1 Å². The third-order valence-corrected chi connectivity index (χ3v) is 3.22. The lowest BCUT2D eigenvalue weighted by molar-refractivity contribution is 0.378. The molecule has 0 unspecified atom stereocenters. The molecule has 4 nitrogen and oxygen atoms in total. The number of benzene rings is 1. The fourth-order valence-corrected chi connectivity index (χ4v) is 2.18. The van der Waals surface area contributed by atoms with Gasteiger partial charge in [0.05, 0.1) is 0 Å². The molecule has 2 aromatic rings. The third kappa shape index (κ3) is 3.11. The Morgan fingerprint density at radius 1 is 1.11 bits per heavy atom. The van der Waals surface area contributed by atoms with Crippen LogP contribution < -0.4 is 5.32 Å². The Morgan fingerprint density at radius 3 is 2.47 bits per heavy atom. The van der Waals surface area contributed by atoms with Crippen molar-refractivity contribution < 1.29 is 8.81 Å². The number of nitrogens with zero attached hydrogens (tertiary/aromatic N) is 2. The van der Waals surface area contributed by atoms with Crippen LogP contribution in [-0.4, -0.2) is 23.3 Å². The molecule has 0 radical (unpaired) electrons. The van der Waals surface area contributed by atoms with Crippen LogP contribution in [0.4, 0.5) is 4.39 Å². The lowest BCUT2D eigenvalue weighted by Crippen LogP contribution is -2.26. The summed E-state index contributed by atoms with van der Waals surface area (Å²) in [6, 6.07) is 6.08. The molecule has 1 saturated heterocycles. The van der Waals surface area contributed by atoms with Gasteiger partial charge in [0.15, 0.2) is 0 Å². The van der Waals surface area contributed by atoms with Crippen molar-refractivity contribution in [3.8, 4) is 11.5 Å². The van der Waals surface area contributed by atoms with Crippen LogP contribution in [0.25, 0.3) is 11.5 Å². The summed E-state index contributed by atoms with van der Waals surface area (Å²) in [6.45, 7) is 1.97. The van der Waals surface area contributed by atoms with Crippen molar-refractivity contribution in [2.45, 2.75) is 18.8 Å². The number of hydrogen-bond acceptors (Lipinski definition) is 4. The summed E-state index contributed by atoms with van der Waals surface area (Å²) < 4.78 is 18.5. The van der Waals surface area contributed by atoms with E-state index in [1.165, 1.54) is 12.1 Å². The maximum absolute atomic E-state index is 12.8. The van der Waals surface area contributed by atoms with Gasteiger partial charge in [-0.15, -0.1) is 22.6 Å².